The van der Waals surface area contributed by atoms with Crippen molar-refractivity contribution >= 4 is 22.2 Å². The monoisotopic (exact) mass is 395 g/mol. The number of aromatic nitrogens is 4. The van der Waals surface area contributed by atoms with Crippen molar-refractivity contribution in [1.82, 2.24) is 24.6 Å². The molecule has 1 aliphatic heterocycles. The van der Waals surface area contributed by atoms with E-state index in [1.165, 1.54) is 12.8 Å². The third-order valence-electron chi connectivity index (χ3n) is 6.09. The maximum absolute atomic E-state index is 13.4. The number of para-hydroxylation sites is 1. The Kier molecular flexibility index (Phi) is 4.72. The lowest BCUT2D eigenvalue weighted by molar-refractivity contribution is 0.228. The molecule has 28 heavy (non-hydrogen) atoms. The van der Waals surface area contributed by atoms with Gasteiger partial charge in [0.25, 0.3) is 5.56 Å². The second-order valence-electron chi connectivity index (χ2n) is 7.94. The maximum Gasteiger partial charge on any atom is 0.261 e. The van der Waals surface area contributed by atoms with Gasteiger partial charge in [-0.2, -0.15) is 0 Å². The van der Waals surface area contributed by atoms with Crippen LogP contribution in [0.5, 0.6) is 0 Å². The minimum Gasteiger partial charge on any atom is -0.292 e. The van der Waals surface area contributed by atoms with Gasteiger partial charge in [0.2, 0.25) is 0 Å². The van der Waals surface area contributed by atoms with Gasteiger partial charge in [0.15, 0.2) is 0 Å². The molecule has 2 fully saturated rings. The highest BCUT2D eigenvalue weighted by molar-refractivity contribution is 7.11. The van der Waals surface area contributed by atoms with Crippen LogP contribution in [0.4, 0.5) is 0 Å². The largest absolute Gasteiger partial charge is 0.292 e. The zero-order valence-electron chi connectivity index (χ0n) is 16.2. The van der Waals surface area contributed by atoms with Crippen LogP contribution in [0.1, 0.15) is 66.4 Å². The lowest BCUT2D eigenvalue weighted by Gasteiger charge is -2.28. The van der Waals surface area contributed by atoms with E-state index in [0.29, 0.717) is 0 Å². The van der Waals surface area contributed by atoms with Crippen molar-refractivity contribution in [2.45, 2.75) is 64.1 Å². The van der Waals surface area contributed by atoms with E-state index in [-0.39, 0.29) is 17.6 Å². The summed E-state index contributed by atoms with van der Waals surface area (Å²) in [5.41, 5.74) is 0.946. The second-order valence-corrected chi connectivity index (χ2v) is 9.21. The summed E-state index contributed by atoms with van der Waals surface area (Å²) in [7, 11) is 0. The highest BCUT2D eigenvalue weighted by atomic mass is 32.1. The first kappa shape index (κ1) is 17.9. The number of hydrogen-bond acceptors (Lipinski definition) is 6. The van der Waals surface area contributed by atoms with Gasteiger partial charge in [0.05, 0.1) is 23.5 Å². The van der Waals surface area contributed by atoms with Crippen molar-refractivity contribution in [3.63, 3.8) is 0 Å². The first-order valence-electron chi connectivity index (χ1n) is 10.2. The van der Waals surface area contributed by atoms with Gasteiger partial charge >= 0.3 is 0 Å². The molecule has 1 aromatic carbocycles. The predicted molar refractivity (Wildman–Crippen MR) is 111 cm³/mol. The Bertz CT molecular complexity index is 1050. The molecule has 2 aromatic heterocycles. The quantitative estimate of drug-likeness (QED) is 0.668. The molecule has 1 aliphatic carbocycles. The van der Waals surface area contributed by atoms with E-state index in [4.69, 9.17) is 4.98 Å². The van der Waals surface area contributed by atoms with E-state index in [1.807, 2.05) is 35.8 Å². The van der Waals surface area contributed by atoms with E-state index in [0.717, 1.165) is 65.5 Å². The first-order valence-corrected chi connectivity index (χ1v) is 11.1. The number of fused-ring (bicyclic) bond motifs is 1. The second kappa shape index (κ2) is 7.37. The summed E-state index contributed by atoms with van der Waals surface area (Å²) in [4.78, 5) is 20.9. The van der Waals surface area contributed by atoms with Gasteiger partial charge in [-0.15, -0.1) is 21.5 Å². The van der Waals surface area contributed by atoms with Gasteiger partial charge in [0.1, 0.15) is 15.8 Å². The molecule has 0 radical (unpaired) electrons. The minimum absolute atomic E-state index is 0.131. The fourth-order valence-corrected chi connectivity index (χ4v) is 5.53. The van der Waals surface area contributed by atoms with Crippen molar-refractivity contribution < 1.29 is 0 Å². The molecule has 1 saturated carbocycles. The molecule has 1 saturated heterocycles. The van der Waals surface area contributed by atoms with Crippen LogP contribution in [-0.2, 0) is 6.54 Å². The van der Waals surface area contributed by atoms with Crippen LogP contribution >= 0.6 is 11.3 Å². The zero-order chi connectivity index (χ0) is 19.1. The number of benzene rings is 1. The summed E-state index contributed by atoms with van der Waals surface area (Å²) in [5, 5.41) is 11.3. The minimum atomic E-state index is 0.131. The van der Waals surface area contributed by atoms with Gasteiger partial charge in [-0.05, 0) is 51.3 Å². The molecule has 7 heteroatoms. The molecule has 0 amide bonds. The molecule has 0 N–H and O–H groups in total. The molecular formula is C21H25N5OS. The van der Waals surface area contributed by atoms with Crippen LogP contribution in [0.25, 0.3) is 10.9 Å². The SMILES string of the molecule is Cc1nnc(CN2CCCC2c2nc3ccccc3c(=O)n2C2CCCC2)s1. The highest BCUT2D eigenvalue weighted by Crippen LogP contribution is 2.36. The summed E-state index contributed by atoms with van der Waals surface area (Å²) in [6.45, 7) is 3.78. The number of rotatable bonds is 4. The van der Waals surface area contributed by atoms with Crippen molar-refractivity contribution in [1.29, 1.82) is 0 Å². The van der Waals surface area contributed by atoms with Gasteiger partial charge in [-0.1, -0.05) is 25.0 Å². The number of nitrogens with zero attached hydrogens (tertiary/aromatic N) is 5. The Morgan fingerprint density at radius 2 is 1.93 bits per heavy atom. The maximum atomic E-state index is 13.4. The first-order chi connectivity index (χ1) is 13.7. The summed E-state index contributed by atoms with van der Waals surface area (Å²) in [6.07, 6.45) is 6.71. The van der Waals surface area contributed by atoms with Crippen LogP contribution in [0.3, 0.4) is 0 Å². The molecule has 3 aromatic rings. The van der Waals surface area contributed by atoms with E-state index < -0.39 is 0 Å². The van der Waals surface area contributed by atoms with Gasteiger partial charge < -0.3 is 0 Å². The molecule has 1 atom stereocenters. The average Bonchev–Trinajstić information content (AvgIpc) is 3.45. The standard InChI is InChI=1S/C21H25N5OS/c1-14-23-24-19(28-14)13-25-12-6-11-18(25)20-22-17-10-5-4-9-16(17)21(27)26(20)15-7-2-3-8-15/h4-5,9-10,15,18H,2-3,6-8,11-13H2,1H3. The third-order valence-corrected chi connectivity index (χ3v) is 6.92. The van der Waals surface area contributed by atoms with E-state index in [2.05, 4.69) is 15.1 Å². The van der Waals surface area contributed by atoms with Crippen molar-refractivity contribution in [2.24, 2.45) is 0 Å². The highest BCUT2D eigenvalue weighted by Gasteiger charge is 2.33. The topological polar surface area (TPSA) is 63.9 Å². The fourth-order valence-electron chi connectivity index (χ4n) is 4.80. The van der Waals surface area contributed by atoms with E-state index in [1.54, 1.807) is 11.3 Å². The molecular weight excluding hydrogens is 370 g/mol. The Balaban J connectivity index is 1.60. The van der Waals surface area contributed by atoms with Crippen LogP contribution in [0.15, 0.2) is 29.1 Å². The normalized spacial score (nSPS) is 21.1. The fraction of sp³-hybridized carbons (Fsp3) is 0.524. The molecule has 3 heterocycles. The van der Waals surface area contributed by atoms with Crippen LogP contribution in [-0.4, -0.2) is 31.2 Å². The third kappa shape index (κ3) is 3.16. The average molecular weight is 396 g/mol. The smallest absolute Gasteiger partial charge is 0.261 e. The molecule has 146 valence electrons. The predicted octanol–water partition coefficient (Wildman–Crippen LogP) is 4.01. The van der Waals surface area contributed by atoms with Crippen molar-refractivity contribution in [2.75, 3.05) is 6.54 Å². The van der Waals surface area contributed by atoms with Crippen LogP contribution in [0, 0.1) is 6.92 Å². The Morgan fingerprint density at radius 3 is 2.71 bits per heavy atom. The van der Waals surface area contributed by atoms with Gasteiger partial charge in [-0.25, -0.2) is 4.98 Å². The molecule has 1 unspecified atom stereocenters. The van der Waals surface area contributed by atoms with Gasteiger partial charge in [-0.3, -0.25) is 14.3 Å². The van der Waals surface area contributed by atoms with E-state index in [9.17, 15) is 4.79 Å². The summed E-state index contributed by atoms with van der Waals surface area (Å²) >= 11 is 1.65. The molecule has 0 bridgehead atoms. The van der Waals surface area contributed by atoms with Crippen LogP contribution < -0.4 is 5.56 Å². The molecule has 5 rings (SSSR count). The summed E-state index contributed by atoms with van der Waals surface area (Å²) in [6, 6.07) is 8.23. The Hall–Kier alpha value is -2.12. The summed E-state index contributed by atoms with van der Waals surface area (Å²) in [5.74, 6) is 0.953. The molecule has 0 spiro atoms. The van der Waals surface area contributed by atoms with Crippen LogP contribution in [0.2, 0.25) is 0 Å². The Labute approximate surface area is 168 Å². The van der Waals surface area contributed by atoms with Crippen molar-refractivity contribution in [3.8, 4) is 0 Å². The summed E-state index contributed by atoms with van der Waals surface area (Å²) < 4.78 is 2.05. The molecule has 2 aliphatic rings. The number of likely N-dealkylation sites (tertiary alicyclic amines) is 1. The van der Waals surface area contributed by atoms with Gasteiger partial charge in [0, 0.05) is 6.04 Å². The van der Waals surface area contributed by atoms with Crippen molar-refractivity contribution in [3.05, 3.63) is 50.5 Å². The van der Waals surface area contributed by atoms with E-state index >= 15 is 0 Å². The Morgan fingerprint density at radius 1 is 1.11 bits per heavy atom. The number of aryl methyl sites for hydroxylation is 1. The number of hydrogen-bond donors (Lipinski definition) is 0. The lowest BCUT2D eigenvalue weighted by atomic mass is 10.1. The zero-order valence-corrected chi connectivity index (χ0v) is 17.0. The molecule has 6 nitrogen and oxygen atoms in total. The lowest BCUT2D eigenvalue weighted by Crippen LogP contribution is -2.33.